The summed E-state index contributed by atoms with van der Waals surface area (Å²) < 4.78 is 24.6. The van der Waals surface area contributed by atoms with E-state index < -0.39 is 12.1 Å². The van der Waals surface area contributed by atoms with Gasteiger partial charge >= 0.3 is 0 Å². The van der Waals surface area contributed by atoms with E-state index in [-0.39, 0.29) is 0 Å². The second kappa shape index (κ2) is 8.09. The van der Waals surface area contributed by atoms with E-state index in [0.29, 0.717) is 12.0 Å². The highest BCUT2D eigenvalue weighted by Crippen LogP contribution is 2.09. The van der Waals surface area contributed by atoms with Crippen molar-refractivity contribution in [1.82, 2.24) is 0 Å². The first-order chi connectivity index (χ1) is 7.13. The molecule has 0 heterocycles. The lowest BCUT2D eigenvalue weighted by atomic mass is 10.1. The zero-order valence-corrected chi connectivity index (χ0v) is 8.97. The molecule has 1 N–H and O–H groups in total. The van der Waals surface area contributed by atoms with Gasteiger partial charge in [0.15, 0.2) is 0 Å². The Hall–Kier alpha value is -1.25. The van der Waals surface area contributed by atoms with Gasteiger partial charge in [-0.1, -0.05) is 37.6 Å². The van der Waals surface area contributed by atoms with Gasteiger partial charge in [-0.15, -0.1) is 6.58 Å². The van der Waals surface area contributed by atoms with Gasteiger partial charge in [0.1, 0.15) is 5.71 Å². The summed E-state index contributed by atoms with van der Waals surface area (Å²) in [5.74, 6) is 0. The molecule has 0 aromatic carbocycles. The lowest BCUT2D eigenvalue weighted by Gasteiger charge is -2.03. The van der Waals surface area contributed by atoms with E-state index in [4.69, 9.17) is 5.41 Å². The summed E-state index contributed by atoms with van der Waals surface area (Å²) >= 11 is 0. The molecule has 0 saturated heterocycles. The highest BCUT2D eigenvalue weighted by Gasteiger charge is 2.13. The molecule has 0 bridgehead atoms. The van der Waals surface area contributed by atoms with Crippen LogP contribution in [0.1, 0.15) is 26.2 Å². The first-order valence-electron chi connectivity index (χ1n) is 4.98. The number of nitrogens with one attached hydrogen (secondary N) is 1. The Labute approximate surface area is 89.7 Å². The van der Waals surface area contributed by atoms with E-state index in [1.165, 1.54) is 0 Å². The van der Waals surface area contributed by atoms with Gasteiger partial charge in [0, 0.05) is 0 Å². The first-order valence-corrected chi connectivity index (χ1v) is 4.98. The van der Waals surface area contributed by atoms with Crippen LogP contribution in [0.2, 0.25) is 0 Å². The molecule has 3 heteroatoms. The maximum Gasteiger partial charge on any atom is 0.280 e. The molecular weight excluding hydrogens is 196 g/mol. The van der Waals surface area contributed by atoms with Crippen molar-refractivity contribution >= 4 is 5.71 Å². The van der Waals surface area contributed by atoms with Crippen LogP contribution in [-0.2, 0) is 0 Å². The quantitative estimate of drug-likeness (QED) is 0.373. The van der Waals surface area contributed by atoms with Crippen LogP contribution in [0.25, 0.3) is 0 Å². The third-order valence-electron chi connectivity index (χ3n) is 1.79. The van der Waals surface area contributed by atoms with Gasteiger partial charge in [0.2, 0.25) is 0 Å². The molecular formula is C12H17F2N. The zero-order chi connectivity index (χ0) is 11.7. The number of rotatable bonds is 7. The van der Waals surface area contributed by atoms with Gasteiger partial charge in [0.05, 0.1) is 0 Å². The summed E-state index contributed by atoms with van der Waals surface area (Å²) in [4.78, 5) is 0. The zero-order valence-electron chi connectivity index (χ0n) is 8.97. The van der Waals surface area contributed by atoms with Crippen molar-refractivity contribution in [3.63, 3.8) is 0 Å². The van der Waals surface area contributed by atoms with E-state index in [1.807, 2.05) is 13.0 Å². The largest absolute Gasteiger partial charge is 0.299 e. The number of unbranched alkanes of at least 4 members (excludes halogenated alkanes) is 1. The molecule has 0 aliphatic carbocycles. The summed E-state index contributed by atoms with van der Waals surface area (Å²) in [5.41, 5.74) is -0.331. The fourth-order valence-electron chi connectivity index (χ4n) is 0.981. The highest BCUT2D eigenvalue weighted by atomic mass is 19.3. The standard InChI is InChI=1S/C12H17F2N/c1-3-5-7-9-10(8-6-4-2)11(15)12(13)14/h4,7-9,12,15H,2-3,5-6H2,1H3/b9-7-,10-8+,15-11?. The number of hydrogen-bond donors (Lipinski definition) is 1. The predicted molar refractivity (Wildman–Crippen MR) is 60.7 cm³/mol. The summed E-state index contributed by atoms with van der Waals surface area (Å²) in [7, 11) is 0. The minimum atomic E-state index is -2.72. The average Bonchev–Trinajstić information content (AvgIpc) is 2.22. The van der Waals surface area contributed by atoms with E-state index in [9.17, 15) is 8.78 Å². The number of halogens is 2. The van der Waals surface area contributed by atoms with E-state index in [1.54, 1.807) is 18.2 Å². The van der Waals surface area contributed by atoms with Gasteiger partial charge in [-0.25, -0.2) is 8.78 Å². The molecule has 0 aliphatic heterocycles. The molecule has 0 spiro atoms. The molecule has 0 aliphatic rings. The van der Waals surface area contributed by atoms with Gasteiger partial charge in [-0.3, -0.25) is 5.41 Å². The Morgan fingerprint density at radius 3 is 2.60 bits per heavy atom. The fraction of sp³-hybridized carbons (Fsp3) is 0.417. The molecule has 0 atom stereocenters. The van der Waals surface area contributed by atoms with Crippen molar-refractivity contribution in [2.24, 2.45) is 0 Å². The molecule has 84 valence electrons. The lowest BCUT2D eigenvalue weighted by Crippen LogP contribution is -2.10. The van der Waals surface area contributed by atoms with Crippen molar-refractivity contribution in [3.05, 3.63) is 36.5 Å². The van der Waals surface area contributed by atoms with Crippen molar-refractivity contribution in [3.8, 4) is 0 Å². The summed E-state index contributed by atoms with van der Waals surface area (Å²) in [6.45, 7) is 5.52. The van der Waals surface area contributed by atoms with E-state index in [0.717, 1.165) is 12.8 Å². The smallest absolute Gasteiger partial charge is 0.280 e. The second-order valence-corrected chi connectivity index (χ2v) is 3.09. The van der Waals surface area contributed by atoms with Crippen molar-refractivity contribution in [1.29, 1.82) is 5.41 Å². The third kappa shape index (κ3) is 5.94. The molecule has 0 unspecified atom stereocenters. The number of allylic oxidation sites excluding steroid dienone is 5. The van der Waals surface area contributed by atoms with Crippen LogP contribution in [0.5, 0.6) is 0 Å². The van der Waals surface area contributed by atoms with Crippen LogP contribution < -0.4 is 0 Å². The highest BCUT2D eigenvalue weighted by molar-refractivity contribution is 6.02. The van der Waals surface area contributed by atoms with Gasteiger partial charge < -0.3 is 0 Å². The molecule has 0 amide bonds. The van der Waals surface area contributed by atoms with Crippen LogP contribution in [0.15, 0.2) is 36.5 Å². The maximum atomic E-state index is 12.3. The van der Waals surface area contributed by atoms with Crippen LogP contribution in [-0.4, -0.2) is 12.1 Å². The SMILES string of the molecule is C=CC/C=C(\C=C/CCC)C(=N)C(F)F. The molecule has 0 saturated carbocycles. The van der Waals surface area contributed by atoms with Crippen LogP contribution in [0.3, 0.4) is 0 Å². The Morgan fingerprint density at radius 1 is 1.47 bits per heavy atom. The molecule has 0 aromatic heterocycles. The average molecular weight is 213 g/mol. The van der Waals surface area contributed by atoms with Crippen molar-refractivity contribution in [2.75, 3.05) is 0 Å². The monoisotopic (exact) mass is 213 g/mol. The van der Waals surface area contributed by atoms with Crippen LogP contribution in [0.4, 0.5) is 8.78 Å². The molecule has 1 nitrogen and oxygen atoms in total. The van der Waals surface area contributed by atoms with Crippen LogP contribution in [0, 0.1) is 5.41 Å². The third-order valence-corrected chi connectivity index (χ3v) is 1.79. The Morgan fingerprint density at radius 2 is 2.13 bits per heavy atom. The minimum absolute atomic E-state index is 0.290. The predicted octanol–water partition coefficient (Wildman–Crippen LogP) is 4.13. The fourth-order valence-corrected chi connectivity index (χ4v) is 0.981. The van der Waals surface area contributed by atoms with Gasteiger partial charge in [-0.2, -0.15) is 0 Å². The Balaban J connectivity index is 4.58. The van der Waals surface area contributed by atoms with E-state index in [2.05, 4.69) is 6.58 Å². The normalized spacial score (nSPS) is 12.4. The Kier molecular flexibility index (Phi) is 7.42. The molecule has 0 fully saturated rings. The summed E-state index contributed by atoms with van der Waals surface area (Å²) in [5, 5.41) is 7.21. The molecule has 15 heavy (non-hydrogen) atoms. The maximum absolute atomic E-state index is 12.3. The summed E-state index contributed by atoms with van der Waals surface area (Å²) in [6, 6.07) is 0. The minimum Gasteiger partial charge on any atom is -0.299 e. The molecule has 0 rings (SSSR count). The molecule has 0 aromatic rings. The van der Waals surface area contributed by atoms with Crippen molar-refractivity contribution in [2.45, 2.75) is 32.6 Å². The molecule has 0 radical (unpaired) electrons. The number of alkyl halides is 2. The first kappa shape index (κ1) is 13.8. The summed E-state index contributed by atoms with van der Waals surface area (Å²) in [6.07, 6.45) is 6.19. The van der Waals surface area contributed by atoms with Crippen molar-refractivity contribution < 1.29 is 8.78 Å². The second-order valence-electron chi connectivity index (χ2n) is 3.09. The number of hydrogen-bond acceptors (Lipinski definition) is 1. The van der Waals surface area contributed by atoms with Gasteiger partial charge in [-0.05, 0) is 18.4 Å². The Bertz CT molecular complexity index is 265. The van der Waals surface area contributed by atoms with Crippen LogP contribution >= 0.6 is 0 Å². The lowest BCUT2D eigenvalue weighted by molar-refractivity contribution is 0.225. The topological polar surface area (TPSA) is 23.9 Å². The van der Waals surface area contributed by atoms with E-state index >= 15 is 0 Å². The van der Waals surface area contributed by atoms with Gasteiger partial charge in [0.25, 0.3) is 6.43 Å².